The van der Waals surface area contributed by atoms with Crippen LogP contribution in [0.5, 0.6) is 0 Å². The summed E-state index contributed by atoms with van der Waals surface area (Å²) < 4.78 is 0.986. The molecule has 0 aliphatic carbocycles. The average molecular weight is 456 g/mol. The van der Waals surface area contributed by atoms with Gasteiger partial charge in [0, 0.05) is 37.9 Å². The van der Waals surface area contributed by atoms with Crippen molar-refractivity contribution in [3.63, 3.8) is 0 Å². The third-order valence-electron chi connectivity index (χ3n) is 4.44. The molecule has 2 N–H and O–H groups in total. The maximum absolute atomic E-state index is 12.8. The standard InChI is InChI=1S/C21H16BrClN4O/c1-2-12-4-3-5-17(23)18(12)16-10-13-11-24-21(27-19(13)26-20(16)28)25-15-8-6-14(22)7-9-15/h3-11H,2H2,1H3,(H2,24,25,26,27,28). The molecule has 0 bridgehead atoms. The number of aryl methyl sites for hydroxylation is 1. The Morgan fingerprint density at radius 1 is 1.18 bits per heavy atom. The molecule has 4 rings (SSSR count). The van der Waals surface area contributed by atoms with Gasteiger partial charge in [-0.15, -0.1) is 0 Å². The molecule has 0 saturated heterocycles. The van der Waals surface area contributed by atoms with Crippen molar-refractivity contribution < 1.29 is 0 Å². The summed E-state index contributed by atoms with van der Waals surface area (Å²) in [5.74, 6) is 0.408. The molecular weight excluding hydrogens is 440 g/mol. The van der Waals surface area contributed by atoms with Crippen molar-refractivity contribution in [3.8, 4) is 11.1 Å². The second kappa shape index (κ2) is 7.73. The highest BCUT2D eigenvalue weighted by Gasteiger charge is 2.14. The summed E-state index contributed by atoms with van der Waals surface area (Å²) in [6.45, 7) is 2.04. The second-order valence-electron chi connectivity index (χ2n) is 6.27. The fourth-order valence-electron chi connectivity index (χ4n) is 3.07. The van der Waals surface area contributed by atoms with Crippen molar-refractivity contribution in [2.75, 3.05) is 5.32 Å². The number of fused-ring (bicyclic) bond motifs is 1. The lowest BCUT2D eigenvalue weighted by atomic mass is 9.98. The summed E-state index contributed by atoms with van der Waals surface area (Å²) in [5, 5.41) is 4.42. The lowest BCUT2D eigenvalue weighted by Crippen LogP contribution is -2.11. The van der Waals surface area contributed by atoms with Gasteiger partial charge in [0.05, 0.1) is 0 Å². The molecular formula is C21H16BrClN4O. The first-order valence-electron chi connectivity index (χ1n) is 8.75. The Bertz CT molecular complexity index is 1220. The Morgan fingerprint density at radius 2 is 1.96 bits per heavy atom. The van der Waals surface area contributed by atoms with Gasteiger partial charge < -0.3 is 10.3 Å². The number of benzene rings is 2. The molecule has 0 amide bonds. The molecule has 4 aromatic rings. The van der Waals surface area contributed by atoms with E-state index in [1.165, 1.54) is 0 Å². The molecule has 2 aromatic heterocycles. The normalized spacial score (nSPS) is 11.0. The molecule has 0 aliphatic heterocycles. The number of hydrogen-bond donors (Lipinski definition) is 2. The zero-order chi connectivity index (χ0) is 19.7. The van der Waals surface area contributed by atoms with Crippen LogP contribution in [0.25, 0.3) is 22.2 Å². The number of H-pyrrole nitrogens is 1. The van der Waals surface area contributed by atoms with Crippen LogP contribution in [0.2, 0.25) is 5.02 Å². The third-order valence-corrected chi connectivity index (χ3v) is 5.29. The van der Waals surface area contributed by atoms with Crippen molar-refractivity contribution in [1.29, 1.82) is 0 Å². The van der Waals surface area contributed by atoms with Crippen LogP contribution >= 0.6 is 27.5 Å². The van der Waals surface area contributed by atoms with Gasteiger partial charge >= 0.3 is 0 Å². The first-order valence-corrected chi connectivity index (χ1v) is 9.92. The minimum absolute atomic E-state index is 0.233. The Labute approximate surface area is 174 Å². The molecule has 0 radical (unpaired) electrons. The number of anilines is 2. The maximum Gasteiger partial charge on any atom is 0.257 e. The summed E-state index contributed by atoms with van der Waals surface area (Å²) in [5.41, 5.74) is 3.38. The molecule has 28 heavy (non-hydrogen) atoms. The van der Waals surface area contributed by atoms with Gasteiger partial charge in [-0.25, -0.2) is 4.98 Å². The predicted molar refractivity (Wildman–Crippen MR) is 117 cm³/mol. The van der Waals surface area contributed by atoms with Gasteiger partial charge in [0.1, 0.15) is 5.65 Å². The van der Waals surface area contributed by atoms with Crippen molar-refractivity contribution >= 4 is 50.2 Å². The van der Waals surface area contributed by atoms with Crippen LogP contribution in [0.3, 0.4) is 0 Å². The van der Waals surface area contributed by atoms with Crippen LogP contribution < -0.4 is 10.9 Å². The minimum Gasteiger partial charge on any atom is -0.324 e. The summed E-state index contributed by atoms with van der Waals surface area (Å²) in [6, 6.07) is 15.1. The van der Waals surface area contributed by atoms with E-state index in [0.717, 1.165) is 33.1 Å². The van der Waals surface area contributed by atoms with E-state index in [-0.39, 0.29) is 5.56 Å². The van der Waals surface area contributed by atoms with E-state index in [0.29, 0.717) is 22.2 Å². The van der Waals surface area contributed by atoms with Crippen molar-refractivity contribution in [3.05, 3.63) is 80.1 Å². The number of aromatic amines is 1. The van der Waals surface area contributed by atoms with E-state index < -0.39 is 0 Å². The van der Waals surface area contributed by atoms with Gasteiger partial charge in [-0.3, -0.25) is 4.79 Å². The van der Waals surface area contributed by atoms with E-state index in [1.54, 1.807) is 18.3 Å². The van der Waals surface area contributed by atoms with Crippen LogP contribution in [-0.2, 0) is 6.42 Å². The monoisotopic (exact) mass is 454 g/mol. The van der Waals surface area contributed by atoms with Gasteiger partial charge in [-0.2, -0.15) is 4.98 Å². The van der Waals surface area contributed by atoms with E-state index in [9.17, 15) is 4.79 Å². The Morgan fingerprint density at radius 3 is 2.71 bits per heavy atom. The van der Waals surface area contributed by atoms with Gasteiger partial charge in [0.25, 0.3) is 5.56 Å². The van der Waals surface area contributed by atoms with Crippen LogP contribution in [0, 0.1) is 0 Å². The van der Waals surface area contributed by atoms with Crippen LogP contribution in [0.15, 0.2) is 64.0 Å². The van der Waals surface area contributed by atoms with Crippen molar-refractivity contribution in [1.82, 2.24) is 15.0 Å². The lowest BCUT2D eigenvalue weighted by Gasteiger charge is -2.11. The number of nitrogens with one attached hydrogen (secondary N) is 2. The highest BCUT2D eigenvalue weighted by molar-refractivity contribution is 9.10. The smallest absolute Gasteiger partial charge is 0.257 e. The van der Waals surface area contributed by atoms with E-state index in [4.69, 9.17) is 11.6 Å². The second-order valence-corrected chi connectivity index (χ2v) is 7.59. The third kappa shape index (κ3) is 3.66. The Kier molecular flexibility index (Phi) is 5.15. The Hall–Kier alpha value is -2.70. The van der Waals surface area contributed by atoms with Gasteiger partial charge in [-0.1, -0.05) is 46.6 Å². The van der Waals surface area contributed by atoms with Crippen LogP contribution in [0.4, 0.5) is 11.6 Å². The first kappa shape index (κ1) is 18.7. The summed E-state index contributed by atoms with van der Waals surface area (Å²) >= 11 is 9.80. The molecule has 0 unspecified atom stereocenters. The molecule has 5 nitrogen and oxygen atoms in total. The fourth-order valence-corrected chi connectivity index (χ4v) is 3.63. The van der Waals surface area contributed by atoms with Gasteiger partial charge in [0.15, 0.2) is 0 Å². The van der Waals surface area contributed by atoms with Crippen molar-refractivity contribution in [2.45, 2.75) is 13.3 Å². The molecule has 2 heterocycles. The summed E-state index contributed by atoms with van der Waals surface area (Å²) in [4.78, 5) is 24.4. The Balaban J connectivity index is 1.77. The molecule has 2 aromatic carbocycles. The molecule has 0 atom stereocenters. The quantitative estimate of drug-likeness (QED) is 0.414. The van der Waals surface area contributed by atoms with Crippen molar-refractivity contribution in [2.24, 2.45) is 0 Å². The zero-order valence-electron chi connectivity index (χ0n) is 15.0. The molecule has 0 saturated carbocycles. The summed E-state index contributed by atoms with van der Waals surface area (Å²) in [6.07, 6.45) is 2.46. The van der Waals surface area contributed by atoms with E-state index in [1.807, 2.05) is 43.3 Å². The lowest BCUT2D eigenvalue weighted by molar-refractivity contribution is 1.13. The predicted octanol–water partition coefficient (Wildman–Crippen LogP) is 5.71. The number of aromatic nitrogens is 3. The number of halogens is 2. The number of nitrogens with zero attached hydrogens (tertiary/aromatic N) is 2. The summed E-state index contributed by atoms with van der Waals surface area (Å²) in [7, 11) is 0. The largest absolute Gasteiger partial charge is 0.324 e. The highest BCUT2D eigenvalue weighted by atomic mass is 79.9. The number of hydrogen-bond acceptors (Lipinski definition) is 4. The maximum atomic E-state index is 12.8. The molecule has 0 spiro atoms. The minimum atomic E-state index is -0.233. The fraction of sp³-hybridized carbons (Fsp3) is 0.0952. The average Bonchev–Trinajstić information content (AvgIpc) is 2.69. The van der Waals surface area contributed by atoms with Gasteiger partial charge in [-0.05, 0) is 48.4 Å². The molecule has 7 heteroatoms. The zero-order valence-corrected chi connectivity index (χ0v) is 17.3. The number of rotatable bonds is 4. The number of pyridine rings is 1. The highest BCUT2D eigenvalue weighted by Crippen LogP contribution is 2.31. The molecule has 0 aliphatic rings. The first-order chi connectivity index (χ1) is 13.5. The van der Waals surface area contributed by atoms with Crippen LogP contribution in [0.1, 0.15) is 12.5 Å². The molecule has 0 fully saturated rings. The van der Waals surface area contributed by atoms with Gasteiger partial charge in [0.2, 0.25) is 5.95 Å². The van der Waals surface area contributed by atoms with E-state index in [2.05, 4.69) is 36.2 Å². The van der Waals surface area contributed by atoms with E-state index >= 15 is 0 Å². The van der Waals surface area contributed by atoms with Crippen LogP contribution in [-0.4, -0.2) is 15.0 Å². The topological polar surface area (TPSA) is 70.7 Å². The molecule has 140 valence electrons. The SMILES string of the molecule is CCc1cccc(Cl)c1-c1cc2cnc(Nc3ccc(Br)cc3)nc2[nH]c1=O.